The molecule has 6 nitrogen and oxygen atoms in total. The molecule has 2 aromatic heterocycles. The number of fused-ring (bicyclic) bond motifs is 1. The monoisotopic (exact) mass is 273 g/mol. The van der Waals surface area contributed by atoms with Crippen molar-refractivity contribution in [3.05, 3.63) is 41.2 Å². The third-order valence-electron chi connectivity index (χ3n) is 3.67. The van der Waals surface area contributed by atoms with Crippen molar-refractivity contribution in [2.24, 2.45) is 0 Å². The smallest absolute Gasteiger partial charge is 0.158 e. The molecule has 0 saturated carbocycles. The molecule has 0 atom stereocenters. The summed E-state index contributed by atoms with van der Waals surface area (Å²) in [7, 11) is 0. The van der Waals surface area contributed by atoms with Crippen LogP contribution in [-0.2, 0) is 26.1 Å². The van der Waals surface area contributed by atoms with Crippen LogP contribution in [0.2, 0.25) is 0 Å². The molecule has 0 fully saturated rings. The minimum absolute atomic E-state index is 0.0492. The lowest BCUT2D eigenvalue weighted by Crippen LogP contribution is -2.27. The topological polar surface area (TPSA) is 67.1 Å². The molecule has 0 saturated heterocycles. The van der Waals surface area contributed by atoms with Gasteiger partial charge in [0.15, 0.2) is 5.82 Å². The van der Waals surface area contributed by atoms with Gasteiger partial charge in [0, 0.05) is 38.3 Å². The van der Waals surface area contributed by atoms with Crippen LogP contribution in [0.15, 0.2) is 18.2 Å². The van der Waals surface area contributed by atoms with Gasteiger partial charge in [0.25, 0.3) is 0 Å². The molecule has 0 spiro atoms. The van der Waals surface area contributed by atoms with Crippen LogP contribution < -0.4 is 0 Å². The van der Waals surface area contributed by atoms with Gasteiger partial charge in [-0.25, -0.2) is 0 Å². The zero-order chi connectivity index (χ0) is 13.9. The lowest BCUT2D eigenvalue weighted by Gasteiger charge is -2.19. The number of rotatable bonds is 3. The molecule has 106 valence electrons. The molecule has 0 aromatic carbocycles. The Morgan fingerprint density at radius 1 is 1.20 bits per heavy atom. The second-order valence-corrected chi connectivity index (χ2v) is 5.14. The summed E-state index contributed by atoms with van der Waals surface area (Å²) in [5.74, 6) is 1.63. The minimum atomic E-state index is -0.0492. The summed E-state index contributed by atoms with van der Waals surface area (Å²) < 4.78 is 2.03. The average Bonchev–Trinajstić information content (AvgIpc) is 2.74. The highest BCUT2D eigenvalue weighted by molar-refractivity contribution is 5.10. The molecule has 1 aliphatic rings. The molecule has 20 heavy (non-hydrogen) atoms. The highest BCUT2D eigenvalue weighted by Gasteiger charge is 2.18. The van der Waals surface area contributed by atoms with Crippen molar-refractivity contribution in [1.29, 1.82) is 0 Å². The summed E-state index contributed by atoms with van der Waals surface area (Å²) in [6.45, 7) is 5.51. The highest BCUT2D eigenvalue weighted by Crippen LogP contribution is 2.12. The first-order valence-electron chi connectivity index (χ1n) is 6.93. The first kappa shape index (κ1) is 13.2. The summed E-state index contributed by atoms with van der Waals surface area (Å²) in [6.07, 6.45) is 0.860. The molecule has 0 unspecified atom stereocenters. The summed E-state index contributed by atoms with van der Waals surface area (Å²) >= 11 is 0. The molecule has 6 heteroatoms. The third-order valence-corrected chi connectivity index (χ3v) is 3.67. The van der Waals surface area contributed by atoms with Crippen LogP contribution in [0.25, 0.3) is 0 Å². The molecule has 0 bridgehead atoms. The number of nitrogens with zero attached hydrogens (tertiary/aromatic N) is 5. The Bertz CT molecular complexity index is 595. The molecule has 0 radical (unpaired) electrons. The van der Waals surface area contributed by atoms with E-state index in [1.165, 1.54) is 0 Å². The van der Waals surface area contributed by atoms with E-state index < -0.39 is 0 Å². The van der Waals surface area contributed by atoms with Crippen molar-refractivity contribution < 1.29 is 5.11 Å². The molecular weight excluding hydrogens is 254 g/mol. The highest BCUT2D eigenvalue weighted by atomic mass is 16.3. The van der Waals surface area contributed by atoms with Crippen molar-refractivity contribution in [3.8, 4) is 0 Å². The van der Waals surface area contributed by atoms with Gasteiger partial charge < -0.3 is 9.67 Å². The largest absolute Gasteiger partial charge is 0.388 e. The first-order valence-corrected chi connectivity index (χ1v) is 6.93. The lowest BCUT2D eigenvalue weighted by atomic mass is 10.3. The van der Waals surface area contributed by atoms with E-state index in [2.05, 4.69) is 26.1 Å². The molecule has 3 rings (SSSR count). The van der Waals surface area contributed by atoms with Gasteiger partial charge >= 0.3 is 0 Å². The standard InChI is InChI=1S/C14H19N5O/c1-11-3-2-4-12(15-11)9-18-6-5-13-16-17-14(10-20)19(13)8-7-18/h2-4,20H,5-10H2,1H3. The van der Waals surface area contributed by atoms with Gasteiger partial charge in [-0.05, 0) is 19.1 Å². The number of hydrogen-bond donors (Lipinski definition) is 1. The minimum Gasteiger partial charge on any atom is -0.388 e. The van der Waals surface area contributed by atoms with Crippen LogP contribution in [0.5, 0.6) is 0 Å². The number of hydrogen-bond acceptors (Lipinski definition) is 5. The maximum absolute atomic E-state index is 9.26. The summed E-state index contributed by atoms with van der Waals surface area (Å²) in [5.41, 5.74) is 2.15. The molecule has 0 amide bonds. The van der Waals surface area contributed by atoms with Crippen LogP contribution in [-0.4, -0.2) is 42.8 Å². The normalized spacial score (nSPS) is 15.9. The van der Waals surface area contributed by atoms with E-state index in [9.17, 15) is 5.11 Å². The number of pyridine rings is 1. The molecule has 0 aliphatic carbocycles. The van der Waals surface area contributed by atoms with Gasteiger partial charge in [0.1, 0.15) is 12.4 Å². The van der Waals surface area contributed by atoms with Crippen LogP contribution in [0.1, 0.15) is 23.0 Å². The second-order valence-electron chi connectivity index (χ2n) is 5.14. The molecule has 1 aliphatic heterocycles. The summed E-state index contributed by atoms with van der Waals surface area (Å²) in [5, 5.41) is 17.4. The van der Waals surface area contributed by atoms with Gasteiger partial charge in [-0.3, -0.25) is 9.88 Å². The fourth-order valence-electron chi connectivity index (χ4n) is 2.62. The van der Waals surface area contributed by atoms with Crippen LogP contribution in [0.4, 0.5) is 0 Å². The number of aliphatic hydroxyl groups is 1. The fourth-order valence-corrected chi connectivity index (χ4v) is 2.62. The van der Waals surface area contributed by atoms with Gasteiger partial charge in [-0.15, -0.1) is 10.2 Å². The second kappa shape index (κ2) is 5.68. The van der Waals surface area contributed by atoms with Gasteiger partial charge in [0.2, 0.25) is 0 Å². The molecule has 1 N–H and O–H groups in total. The zero-order valence-electron chi connectivity index (χ0n) is 11.7. The molecular formula is C14H19N5O. The van der Waals surface area contributed by atoms with E-state index in [0.29, 0.717) is 5.82 Å². The van der Waals surface area contributed by atoms with Crippen molar-refractivity contribution in [2.45, 2.75) is 33.0 Å². The van der Waals surface area contributed by atoms with Gasteiger partial charge in [-0.1, -0.05) is 6.07 Å². The Morgan fingerprint density at radius 3 is 2.90 bits per heavy atom. The number of aliphatic hydroxyl groups excluding tert-OH is 1. The van der Waals surface area contributed by atoms with E-state index in [0.717, 1.165) is 49.8 Å². The first-order chi connectivity index (χ1) is 9.76. The number of aromatic nitrogens is 4. The zero-order valence-corrected chi connectivity index (χ0v) is 11.7. The lowest BCUT2D eigenvalue weighted by molar-refractivity contribution is 0.250. The van der Waals surface area contributed by atoms with Crippen molar-refractivity contribution in [2.75, 3.05) is 13.1 Å². The summed E-state index contributed by atoms with van der Waals surface area (Å²) in [4.78, 5) is 6.92. The predicted octanol–water partition coefficient (Wildman–Crippen LogP) is 0.532. The average molecular weight is 273 g/mol. The van der Waals surface area contributed by atoms with E-state index in [1.807, 2.05) is 23.6 Å². The molecule has 2 aromatic rings. The number of aryl methyl sites for hydroxylation is 1. The molecule has 3 heterocycles. The van der Waals surface area contributed by atoms with E-state index in [4.69, 9.17) is 0 Å². The van der Waals surface area contributed by atoms with E-state index in [-0.39, 0.29) is 6.61 Å². The Labute approximate surface area is 118 Å². The Kier molecular flexibility index (Phi) is 3.75. The van der Waals surface area contributed by atoms with Crippen LogP contribution in [0.3, 0.4) is 0 Å². The van der Waals surface area contributed by atoms with Gasteiger partial charge in [-0.2, -0.15) is 0 Å². The van der Waals surface area contributed by atoms with Crippen LogP contribution >= 0.6 is 0 Å². The maximum atomic E-state index is 9.26. The third kappa shape index (κ3) is 2.71. The van der Waals surface area contributed by atoms with Gasteiger partial charge in [0.05, 0.1) is 5.69 Å². The van der Waals surface area contributed by atoms with E-state index >= 15 is 0 Å². The Hall–Kier alpha value is -1.79. The predicted molar refractivity (Wildman–Crippen MR) is 73.9 cm³/mol. The van der Waals surface area contributed by atoms with Crippen LogP contribution in [0, 0.1) is 6.92 Å². The summed E-state index contributed by atoms with van der Waals surface area (Å²) in [6, 6.07) is 6.13. The quantitative estimate of drug-likeness (QED) is 0.883. The van der Waals surface area contributed by atoms with Crippen molar-refractivity contribution >= 4 is 0 Å². The maximum Gasteiger partial charge on any atom is 0.158 e. The van der Waals surface area contributed by atoms with E-state index in [1.54, 1.807) is 0 Å². The van der Waals surface area contributed by atoms with Crippen molar-refractivity contribution in [1.82, 2.24) is 24.6 Å². The SMILES string of the molecule is Cc1cccc(CN2CCc3nnc(CO)n3CC2)n1. The Balaban J connectivity index is 1.69. The Morgan fingerprint density at radius 2 is 2.10 bits per heavy atom. The fraction of sp³-hybridized carbons (Fsp3) is 0.500. The van der Waals surface area contributed by atoms with Crippen molar-refractivity contribution in [3.63, 3.8) is 0 Å².